The minimum atomic E-state index is -0.151. The number of likely N-dealkylation sites (tertiary alicyclic amines) is 1. The number of rotatable bonds is 7. The molecule has 118 valence electrons. The Morgan fingerprint density at radius 3 is 2.76 bits per heavy atom. The number of nitrogens with one attached hydrogen (secondary N) is 1. The second kappa shape index (κ2) is 8.50. The fourth-order valence-electron chi connectivity index (χ4n) is 3.24. The third-order valence-electron chi connectivity index (χ3n) is 4.49. The van der Waals surface area contributed by atoms with E-state index in [4.69, 9.17) is 0 Å². The minimum Gasteiger partial charge on any atom is -0.310 e. The molecule has 1 aromatic carbocycles. The lowest BCUT2D eigenvalue weighted by molar-refractivity contribution is 0.202. The molecule has 0 radical (unpaired) electrons. The summed E-state index contributed by atoms with van der Waals surface area (Å²) in [5, 5.41) is 3.73. The standard InChI is InChI=1S/C18H29FN2/c1-3-4-7-18(16-8-10-17(19)11-9-16)20-13-15-6-5-12-21(2)14-15/h8-11,15,18,20H,3-7,12-14H2,1-2H3. The van der Waals surface area contributed by atoms with E-state index in [0.29, 0.717) is 6.04 Å². The van der Waals surface area contributed by atoms with E-state index in [2.05, 4.69) is 24.2 Å². The van der Waals surface area contributed by atoms with Gasteiger partial charge in [0.15, 0.2) is 0 Å². The molecule has 3 heteroatoms. The normalized spacial score (nSPS) is 21.4. The highest BCUT2D eigenvalue weighted by atomic mass is 19.1. The van der Waals surface area contributed by atoms with Crippen LogP contribution < -0.4 is 5.32 Å². The second-order valence-electron chi connectivity index (χ2n) is 6.43. The zero-order valence-electron chi connectivity index (χ0n) is 13.4. The predicted octanol–water partition coefficient (Wildman–Crippen LogP) is 3.99. The Bertz CT molecular complexity index is 404. The molecule has 1 aliphatic rings. The van der Waals surface area contributed by atoms with Crippen LogP contribution in [0.15, 0.2) is 24.3 Å². The van der Waals surface area contributed by atoms with Gasteiger partial charge in [-0.25, -0.2) is 4.39 Å². The highest BCUT2D eigenvalue weighted by Gasteiger charge is 2.19. The molecule has 1 fully saturated rings. The summed E-state index contributed by atoms with van der Waals surface area (Å²) < 4.78 is 13.1. The predicted molar refractivity (Wildman–Crippen MR) is 86.9 cm³/mol. The number of unbranched alkanes of at least 4 members (excludes halogenated alkanes) is 1. The number of halogens is 1. The zero-order chi connectivity index (χ0) is 15.1. The van der Waals surface area contributed by atoms with Crippen molar-refractivity contribution in [1.82, 2.24) is 10.2 Å². The smallest absolute Gasteiger partial charge is 0.123 e. The number of hydrogen-bond acceptors (Lipinski definition) is 2. The lowest BCUT2D eigenvalue weighted by Gasteiger charge is -2.31. The van der Waals surface area contributed by atoms with Crippen molar-refractivity contribution < 1.29 is 4.39 Å². The van der Waals surface area contributed by atoms with Gasteiger partial charge in [0.2, 0.25) is 0 Å². The molecule has 1 saturated heterocycles. The van der Waals surface area contributed by atoms with Crippen molar-refractivity contribution in [2.45, 2.75) is 45.1 Å². The van der Waals surface area contributed by atoms with Gasteiger partial charge in [0.05, 0.1) is 0 Å². The second-order valence-corrected chi connectivity index (χ2v) is 6.43. The van der Waals surface area contributed by atoms with Gasteiger partial charge in [0.25, 0.3) is 0 Å². The molecule has 2 nitrogen and oxygen atoms in total. The van der Waals surface area contributed by atoms with Crippen LogP contribution in [-0.4, -0.2) is 31.6 Å². The molecule has 2 atom stereocenters. The largest absolute Gasteiger partial charge is 0.310 e. The molecule has 1 aromatic rings. The highest BCUT2D eigenvalue weighted by Crippen LogP contribution is 2.21. The molecule has 0 spiro atoms. The van der Waals surface area contributed by atoms with Crippen LogP contribution in [0.25, 0.3) is 0 Å². The van der Waals surface area contributed by atoms with E-state index >= 15 is 0 Å². The number of nitrogens with zero attached hydrogens (tertiary/aromatic N) is 1. The summed E-state index contributed by atoms with van der Waals surface area (Å²) in [5.74, 6) is 0.593. The SMILES string of the molecule is CCCCC(NCC1CCCN(C)C1)c1ccc(F)cc1. The molecule has 2 rings (SSSR count). The third-order valence-corrected chi connectivity index (χ3v) is 4.49. The Labute approximate surface area is 128 Å². The van der Waals surface area contributed by atoms with Crippen LogP contribution >= 0.6 is 0 Å². The van der Waals surface area contributed by atoms with E-state index < -0.39 is 0 Å². The Kier molecular flexibility index (Phi) is 6.65. The van der Waals surface area contributed by atoms with Gasteiger partial charge in [-0.2, -0.15) is 0 Å². The van der Waals surface area contributed by atoms with E-state index in [1.165, 1.54) is 44.3 Å². The molecule has 1 N–H and O–H groups in total. The van der Waals surface area contributed by atoms with Crippen LogP contribution in [0.3, 0.4) is 0 Å². The summed E-state index contributed by atoms with van der Waals surface area (Å²) >= 11 is 0. The quantitative estimate of drug-likeness (QED) is 0.817. The first-order chi connectivity index (χ1) is 10.2. The van der Waals surface area contributed by atoms with Gasteiger partial charge in [-0.15, -0.1) is 0 Å². The maximum Gasteiger partial charge on any atom is 0.123 e. The molecular weight excluding hydrogens is 263 g/mol. The van der Waals surface area contributed by atoms with Crippen molar-refractivity contribution in [3.05, 3.63) is 35.6 Å². The summed E-state index contributed by atoms with van der Waals surface area (Å²) in [6.45, 7) is 5.71. The van der Waals surface area contributed by atoms with Crippen LogP contribution in [0.5, 0.6) is 0 Å². The monoisotopic (exact) mass is 292 g/mol. The van der Waals surface area contributed by atoms with E-state index in [9.17, 15) is 4.39 Å². The molecule has 0 saturated carbocycles. The fraction of sp³-hybridized carbons (Fsp3) is 0.667. The van der Waals surface area contributed by atoms with Crippen LogP contribution in [0.4, 0.5) is 4.39 Å². The first kappa shape index (κ1) is 16.4. The van der Waals surface area contributed by atoms with Crippen LogP contribution in [0, 0.1) is 11.7 Å². The lowest BCUT2D eigenvalue weighted by atomic mass is 9.96. The van der Waals surface area contributed by atoms with Crippen LogP contribution in [-0.2, 0) is 0 Å². The molecular formula is C18H29FN2. The van der Waals surface area contributed by atoms with Crippen molar-refractivity contribution in [2.75, 3.05) is 26.7 Å². The van der Waals surface area contributed by atoms with Gasteiger partial charge in [0.1, 0.15) is 5.82 Å². The summed E-state index contributed by atoms with van der Waals surface area (Å²) in [6.07, 6.45) is 6.16. The number of benzene rings is 1. The summed E-state index contributed by atoms with van der Waals surface area (Å²) in [5.41, 5.74) is 1.22. The van der Waals surface area contributed by atoms with Crippen LogP contribution in [0.1, 0.15) is 50.6 Å². The van der Waals surface area contributed by atoms with E-state index in [0.717, 1.165) is 18.9 Å². The first-order valence-corrected chi connectivity index (χ1v) is 8.36. The average molecular weight is 292 g/mol. The Morgan fingerprint density at radius 1 is 1.33 bits per heavy atom. The maximum absolute atomic E-state index is 13.1. The van der Waals surface area contributed by atoms with Gasteiger partial charge >= 0.3 is 0 Å². The summed E-state index contributed by atoms with van der Waals surface area (Å²) in [6, 6.07) is 7.36. The maximum atomic E-state index is 13.1. The molecule has 1 heterocycles. The summed E-state index contributed by atoms with van der Waals surface area (Å²) in [7, 11) is 2.21. The van der Waals surface area contributed by atoms with Crippen molar-refractivity contribution in [3.8, 4) is 0 Å². The Balaban J connectivity index is 1.91. The highest BCUT2D eigenvalue weighted by molar-refractivity contribution is 5.19. The summed E-state index contributed by atoms with van der Waals surface area (Å²) in [4.78, 5) is 2.43. The average Bonchev–Trinajstić information content (AvgIpc) is 2.49. The van der Waals surface area contributed by atoms with E-state index in [1.54, 1.807) is 12.1 Å². The zero-order valence-corrected chi connectivity index (χ0v) is 13.4. The van der Waals surface area contributed by atoms with Crippen molar-refractivity contribution in [2.24, 2.45) is 5.92 Å². The van der Waals surface area contributed by atoms with Gasteiger partial charge < -0.3 is 10.2 Å². The third kappa shape index (κ3) is 5.40. The van der Waals surface area contributed by atoms with Crippen molar-refractivity contribution in [3.63, 3.8) is 0 Å². The molecule has 1 aliphatic heterocycles. The Morgan fingerprint density at radius 2 is 2.10 bits per heavy atom. The molecule has 0 bridgehead atoms. The molecule has 0 aliphatic carbocycles. The fourth-order valence-corrected chi connectivity index (χ4v) is 3.24. The number of hydrogen-bond donors (Lipinski definition) is 1. The van der Waals surface area contributed by atoms with Crippen molar-refractivity contribution >= 4 is 0 Å². The van der Waals surface area contributed by atoms with Gasteiger partial charge in [0, 0.05) is 12.6 Å². The van der Waals surface area contributed by atoms with Crippen molar-refractivity contribution in [1.29, 1.82) is 0 Å². The van der Waals surface area contributed by atoms with E-state index in [1.807, 2.05) is 12.1 Å². The lowest BCUT2D eigenvalue weighted by Crippen LogP contribution is -2.38. The molecule has 21 heavy (non-hydrogen) atoms. The molecule has 2 unspecified atom stereocenters. The van der Waals surface area contributed by atoms with Gasteiger partial charge in [-0.05, 0) is 63.0 Å². The Hall–Kier alpha value is -0.930. The molecule has 0 aromatic heterocycles. The minimum absolute atomic E-state index is 0.151. The van der Waals surface area contributed by atoms with E-state index in [-0.39, 0.29) is 5.82 Å². The first-order valence-electron chi connectivity index (χ1n) is 8.36. The van der Waals surface area contributed by atoms with Gasteiger partial charge in [-0.1, -0.05) is 31.9 Å². The van der Waals surface area contributed by atoms with Crippen LogP contribution in [0.2, 0.25) is 0 Å². The molecule has 0 amide bonds. The number of piperidine rings is 1. The topological polar surface area (TPSA) is 15.3 Å². The van der Waals surface area contributed by atoms with Gasteiger partial charge in [-0.3, -0.25) is 0 Å².